The van der Waals surface area contributed by atoms with Crippen LogP contribution in [0.4, 0.5) is 0 Å². The number of aromatic nitrogens is 1. The number of hydrogen-bond acceptors (Lipinski definition) is 4. The van der Waals surface area contributed by atoms with Gasteiger partial charge in [0, 0.05) is 18.0 Å². The molecule has 1 aromatic rings. The molecule has 1 aromatic heterocycles. The number of rotatable bonds is 7. The first kappa shape index (κ1) is 12.6. The number of nitrogens with zero attached hydrogens (tertiary/aromatic N) is 1. The normalized spacial score (nSPS) is 10.9. The summed E-state index contributed by atoms with van der Waals surface area (Å²) in [5.74, 6) is 0. The largest absolute Gasteiger partial charge is 0.374 e. The second-order valence-corrected chi connectivity index (χ2v) is 4.58. The number of nitrogens with one attached hydrogen (secondary N) is 1. The van der Waals surface area contributed by atoms with Gasteiger partial charge in [-0.1, -0.05) is 13.8 Å². The number of aryl methyl sites for hydroxylation is 1. The van der Waals surface area contributed by atoms with E-state index in [-0.39, 0.29) is 0 Å². The van der Waals surface area contributed by atoms with E-state index in [1.54, 1.807) is 11.3 Å². The number of ether oxygens (including phenoxy) is 1. The average Bonchev–Trinajstić information content (AvgIpc) is 2.62. The average molecular weight is 228 g/mol. The van der Waals surface area contributed by atoms with Crippen LogP contribution >= 0.6 is 11.3 Å². The molecule has 1 heterocycles. The fraction of sp³-hybridized carbons (Fsp3) is 0.727. The Balaban J connectivity index is 2.57. The third-order valence-electron chi connectivity index (χ3n) is 2.07. The van der Waals surface area contributed by atoms with E-state index in [1.165, 1.54) is 10.6 Å². The molecule has 0 bridgehead atoms. The number of thiazole rings is 1. The molecule has 1 rings (SSSR count). The third-order valence-corrected chi connectivity index (χ3v) is 3.14. The van der Waals surface area contributed by atoms with E-state index in [0.29, 0.717) is 6.61 Å². The molecule has 0 aliphatic rings. The highest BCUT2D eigenvalue weighted by Gasteiger charge is 2.08. The van der Waals surface area contributed by atoms with Crippen molar-refractivity contribution in [3.05, 3.63) is 15.6 Å². The van der Waals surface area contributed by atoms with Gasteiger partial charge in [-0.25, -0.2) is 4.98 Å². The van der Waals surface area contributed by atoms with Crippen molar-refractivity contribution in [1.82, 2.24) is 10.3 Å². The lowest BCUT2D eigenvalue weighted by atomic mass is 10.3. The maximum Gasteiger partial charge on any atom is 0.119 e. The Morgan fingerprint density at radius 3 is 2.80 bits per heavy atom. The molecule has 0 fully saturated rings. The Hall–Kier alpha value is -0.450. The smallest absolute Gasteiger partial charge is 0.119 e. The van der Waals surface area contributed by atoms with E-state index in [1.807, 2.05) is 7.05 Å². The zero-order valence-corrected chi connectivity index (χ0v) is 10.6. The van der Waals surface area contributed by atoms with E-state index >= 15 is 0 Å². The Labute approximate surface area is 95.9 Å². The van der Waals surface area contributed by atoms with Gasteiger partial charge in [0.05, 0.1) is 12.3 Å². The van der Waals surface area contributed by atoms with Crippen LogP contribution < -0.4 is 5.32 Å². The van der Waals surface area contributed by atoms with Gasteiger partial charge in [0.25, 0.3) is 0 Å². The van der Waals surface area contributed by atoms with Crippen molar-refractivity contribution in [2.24, 2.45) is 0 Å². The predicted molar refractivity (Wildman–Crippen MR) is 64.2 cm³/mol. The molecule has 4 heteroatoms. The van der Waals surface area contributed by atoms with E-state index in [0.717, 1.165) is 31.0 Å². The minimum absolute atomic E-state index is 0.662. The Kier molecular flexibility index (Phi) is 5.83. The van der Waals surface area contributed by atoms with Crippen LogP contribution in [0.3, 0.4) is 0 Å². The lowest BCUT2D eigenvalue weighted by Crippen LogP contribution is -2.05. The third kappa shape index (κ3) is 3.89. The molecule has 0 spiro atoms. The van der Waals surface area contributed by atoms with Crippen LogP contribution in [0.25, 0.3) is 0 Å². The SMILES string of the molecule is CCCOCc1nc(CC)c(CNC)s1. The van der Waals surface area contributed by atoms with Crippen molar-refractivity contribution < 1.29 is 4.74 Å². The van der Waals surface area contributed by atoms with Crippen LogP contribution in [0.5, 0.6) is 0 Å². The first-order valence-corrected chi connectivity index (χ1v) is 6.33. The molecule has 0 radical (unpaired) electrons. The molecular weight excluding hydrogens is 208 g/mol. The predicted octanol–water partition coefficient (Wildman–Crippen LogP) is 2.35. The molecule has 0 unspecified atom stereocenters. The standard InChI is InChI=1S/C11H20N2OS/c1-4-6-14-8-11-13-9(5-2)10(15-11)7-12-3/h12H,4-8H2,1-3H3. The van der Waals surface area contributed by atoms with Gasteiger partial charge in [0.2, 0.25) is 0 Å². The van der Waals surface area contributed by atoms with Crippen molar-refractivity contribution >= 4 is 11.3 Å². The molecule has 0 saturated carbocycles. The van der Waals surface area contributed by atoms with Crippen LogP contribution in [0.2, 0.25) is 0 Å². The van der Waals surface area contributed by atoms with Gasteiger partial charge in [-0.3, -0.25) is 0 Å². The van der Waals surface area contributed by atoms with Gasteiger partial charge >= 0.3 is 0 Å². The summed E-state index contributed by atoms with van der Waals surface area (Å²) in [5, 5.41) is 4.27. The van der Waals surface area contributed by atoms with E-state index in [4.69, 9.17) is 4.74 Å². The van der Waals surface area contributed by atoms with Crippen LogP contribution in [-0.2, 0) is 24.3 Å². The van der Waals surface area contributed by atoms with E-state index < -0.39 is 0 Å². The zero-order chi connectivity index (χ0) is 11.1. The van der Waals surface area contributed by atoms with Gasteiger partial charge in [-0.15, -0.1) is 11.3 Å². The molecule has 1 N–H and O–H groups in total. The summed E-state index contributed by atoms with van der Waals surface area (Å²) < 4.78 is 5.49. The lowest BCUT2D eigenvalue weighted by Gasteiger charge is -1.97. The van der Waals surface area contributed by atoms with Gasteiger partial charge < -0.3 is 10.1 Å². The highest BCUT2D eigenvalue weighted by Crippen LogP contribution is 2.19. The molecule has 3 nitrogen and oxygen atoms in total. The Morgan fingerprint density at radius 2 is 2.20 bits per heavy atom. The van der Waals surface area contributed by atoms with Crippen molar-refractivity contribution in [2.75, 3.05) is 13.7 Å². The highest BCUT2D eigenvalue weighted by molar-refractivity contribution is 7.11. The minimum atomic E-state index is 0.662. The van der Waals surface area contributed by atoms with Crippen LogP contribution in [-0.4, -0.2) is 18.6 Å². The van der Waals surface area contributed by atoms with Gasteiger partial charge in [0.1, 0.15) is 5.01 Å². The van der Waals surface area contributed by atoms with Gasteiger partial charge in [-0.2, -0.15) is 0 Å². The fourth-order valence-corrected chi connectivity index (χ4v) is 2.48. The second-order valence-electron chi connectivity index (χ2n) is 3.41. The molecule has 86 valence electrons. The first-order chi connectivity index (χ1) is 7.31. The van der Waals surface area contributed by atoms with Crippen LogP contribution in [0, 0.1) is 0 Å². The summed E-state index contributed by atoms with van der Waals surface area (Å²) in [6, 6.07) is 0. The summed E-state index contributed by atoms with van der Waals surface area (Å²) in [4.78, 5) is 5.92. The van der Waals surface area contributed by atoms with Crippen LogP contribution in [0.15, 0.2) is 0 Å². The van der Waals surface area contributed by atoms with Crippen LogP contribution in [0.1, 0.15) is 35.8 Å². The fourth-order valence-electron chi connectivity index (χ4n) is 1.38. The first-order valence-electron chi connectivity index (χ1n) is 5.51. The molecule has 0 amide bonds. The summed E-state index contributed by atoms with van der Waals surface area (Å²) in [7, 11) is 1.96. The van der Waals surface area contributed by atoms with Crippen molar-refractivity contribution in [3.8, 4) is 0 Å². The lowest BCUT2D eigenvalue weighted by molar-refractivity contribution is 0.121. The second kappa shape index (κ2) is 6.93. The molecule has 0 saturated heterocycles. The van der Waals surface area contributed by atoms with Crippen molar-refractivity contribution in [2.45, 2.75) is 39.8 Å². The van der Waals surface area contributed by atoms with Crippen molar-refractivity contribution in [3.63, 3.8) is 0 Å². The molecule has 0 aromatic carbocycles. The minimum Gasteiger partial charge on any atom is -0.374 e. The summed E-state index contributed by atoms with van der Waals surface area (Å²) in [6.45, 7) is 6.66. The monoisotopic (exact) mass is 228 g/mol. The molecule has 15 heavy (non-hydrogen) atoms. The van der Waals surface area contributed by atoms with Crippen molar-refractivity contribution in [1.29, 1.82) is 0 Å². The molecule has 0 atom stereocenters. The maximum atomic E-state index is 5.49. The summed E-state index contributed by atoms with van der Waals surface area (Å²) in [5.41, 5.74) is 1.21. The molecule has 0 aliphatic heterocycles. The number of hydrogen-bond donors (Lipinski definition) is 1. The Bertz CT molecular complexity index is 286. The highest BCUT2D eigenvalue weighted by atomic mass is 32.1. The zero-order valence-electron chi connectivity index (χ0n) is 9.80. The van der Waals surface area contributed by atoms with Gasteiger partial charge in [-0.05, 0) is 19.9 Å². The molecular formula is C11H20N2OS. The summed E-state index contributed by atoms with van der Waals surface area (Å²) >= 11 is 1.76. The quantitative estimate of drug-likeness (QED) is 0.727. The topological polar surface area (TPSA) is 34.1 Å². The van der Waals surface area contributed by atoms with Gasteiger partial charge in [0.15, 0.2) is 0 Å². The maximum absolute atomic E-state index is 5.49. The Morgan fingerprint density at radius 1 is 1.40 bits per heavy atom. The van der Waals surface area contributed by atoms with E-state index in [9.17, 15) is 0 Å². The van der Waals surface area contributed by atoms with E-state index in [2.05, 4.69) is 24.1 Å². The molecule has 0 aliphatic carbocycles. The summed E-state index contributed by atoms with van der Waals surface area (Å²) in [6.07, 6.45) is 2.07.